The largest absolute Gasteiger partial charge is 0.503 e. The lowest BCUT2D eigenvalue weighted by molar-refractivity contribution is -0.129. The van der Waals surface area contributed by atoms with E-state index in [0.717, 1.165) is 24.8 Å². The normalized spacial score (nSPS) is 17.7. The van der Waals surface area contributed by atoms with E-state index in [9.17, 15) is 14.7 Å². The Balaban J connectivity index is 2.41. The van der Waals surface area contributed by atoms with Crippen molar-refractivity contribution in [2.45, 2.75) is 65.3 Å². The number of benzene rings is 1. The molecule has 1 amide bonds. The van der Waals surface area contributed by atoms with Crippen LogP contribution in [-0.2, 0) is 9.59 Å². The highest BCUT2D eigenvalue weighted by Gasteiger charge is 2.42. The van der Waals surface area contributed by atoms with E-state index < -0.39 is 11.9 Å². The zero-order chi connectivity index (χ0) is 18.6. The summed E-state index contributed by atoms with van der Waals surface area (Å²) in [6, 6.07) is 7.55. The highest BCUT2D eigenvalue weighted by Crippen LogP contribution is 2.38. The van der Waals surface area contributed by atoms with E-state index in [1.54, 1.807) is 11.8 Å². The maximum Gasteiger partial charge on any atom is 0.290 e. The maximum atomic E-state index is 12.6. The van der Waals surface area contributed by atoms with Gasteiger partial charge in [0.1, 0.15) is 0 Å². The molecule has 0 saturated heterocycles. The monoisotopic (exact) mass is 343 g/mol. The van der Waals surface area contributed by atoms with Crippen LogP contribution in [0.3, 0.4) is 0 Å². The van der Waals surface area contributed by atoms with Crippen LogP contribution in [0.15, 0.2) is 35.6 Å². The first-order valence-corrected chi connectivity index (χ1v) is 9.29. The zero-order valence-electron chi connectivity index (χ0n) is 15.7. The Bertz CT molecular complexity index is 658. The Hall–Kier alpha value is -2.10. The minimum absolute atomic E-state index is 0.165. The molecule has 1 aliphatic heterocycles. The van der Waals surface area contributed by atoms with Crippen molar-refractivity contribution in [3.63, 3.8) is 0 Å². The predicted molar refractivity (Wildman–Crippen MR) is 99.5 cm³/mol. The lowest BCUT2D eigenvalue weighted by Crippen LogP contribution is -2.32. The number of hydrogen-bond acceptors (Lipinski definition) is 3. The number of rotatable bonds is 8. The molecule has 1 aromatic rings. The van der Waals surface area contributed by atoms with E-state index in [4.69, 9.17) is 0 Å². The van der Waals surface area contributed by atoms with Crippen molar-refractivity contribution < 1.29 is 14.7 Å². The molecule has 1 heterocycles. The Morgan fingerprint density at radius 2 is 1.80 bits per heavy atom. The smallest absolute Gasteiger partial charge is 0.290 e. The van der Waals surface area contributed by atoms with Gasteiger partial charge in [-0.25, -0.2) is 0 Å². The van der Waals surface area contributed by atoms with Crippen LogP contribution in [0.1, 0.15) is 76.5 Å². The third-order valence-electron chi connectivity index (χ3n) is 4.85. The van der Waals surface area contributed by atoms with Crippen molar-refractivity contribution in [1.29, 1.82) is 0 Å². The third-order valence-corrected chi connectivity index (χ3v) is 4.85. The first kappa shape index (κ1) is 19.2. The van der Waals surface area contributed by atoms with Crippen molar-refractivity contribution in [2.24, 2.45) is 0 Å². The molecule has 1 N–H and O–H groups in total. The summed E-state index contributed by atoms with van der Waals surface area (Å²) >= 11 is 0. The second kappa shape index (κ2) is 8.32. The molecular formula is C21H29NO3. The molecule has 0 saturated carbocycles. The van der Waals surface area contributed by atoms with Gasteiger partial charge in [0.05, 0.1) is 11.6 Å². The van der Waals surface area contributed by atoms with Crippen LogP contribution in [0, 0.1) is 0 Å². The molecule has 2 rings (SSSR count). The Labute approximate surface area is 150 Å². The van der Waals surface area contributed by atoms with Crippen molar-refractivity contribution in [2.75, 3.05) is 6.54 Å². The van der Waals surface area contributed by atoms with Crippen molar-refractivity contribution in [3.8, 4) is 0 Å². The van der Waals surface area contributed by atoms with E-state index >= 15 is 0 Å². The molecule has 1 unspecified atom stereocenters. The Kier molecular flexibility index (Phi) is 6.40. The molecule has 0 radical (unpaired) electrons. The highest BCUT2D eigenvalue weighted by molar-refractivity contribution is 6.08. The second-order valence-electron chi connectivity index (χ2n) is 6.97. The fourth-order valence-corrected chi connectivity index (χ4v) is 3.30. The van der Waals surface area contributed by atoms with Crippen molar-refractivity contribution in [3.05, 3.63) is 46.7 Å². The van der Waals surface area contributed by atoms with Crippen LogP contribution in [0.2, 0.25) is 0 Å². The third kappa shape index (κ3) is 3.94. The molecule has 0 aliphatic carbocycles. The first-order chi connectivity index (χ1) is 11.9. The standard InChI is InChI=1S/C21H29NO3/c1-5-7-8-13-22-19(16-11-9-15(10-12-16)14(3)4)18(17(23)6-2)20(24)21(22)25/h9-12,14,19,24H,5-8,13H2,1-4H3. The molecule has 1 atom stereocenters. The van der Waals surface area contributed by atoms with Gasteiger partial charge in [0.2, 0.25) is 0 Å². The van der Waals surface area contributed by atoms with Gasteiger partial charge in [-0.1, -0.05) is 64.8 Å². The SMILES string of the molecule is CCCCCN1C(=O)C(O)=C(C(=O)CC)C1c1ccc(C(C)C)cc1. The van der Waals surface area contributed by atoms with Gasteiger partial charge in [-0.3, -0.25) is 9.59 Å². The van der Waals surface area contributed by atoms with Gasteiger partial charge in [0.25, 0.3) is 5.91 Å². The van der Waals surface area contributed by atoms with E-state index in [-0.39, 0.29) is 23.5 Å². The van der Waals surface area contributed by atoms with Gasteiger partial charge in [0.15, 0.2) is 11.5 Å². The first-order valence-electron chi connectivity index (χ1n) is 9.29. The number of amides is 1. The summed E-state index contributed by atoms with van der Waals surface area (Å²) in [5.41, 5.74) is 2.35. The lowest BCUT2D eigenvalue weighted by atomic mass is 9.93. The number of nitrogens with zero attached hydrogens (tertiary/aromatic N) is 1. The fraction of sp³-hybridized carbons (Fsp3) is 0.524. The van der Waals surface area contributed by atoms with Crippen LogP contribution in [0.4, 0.5) is 0 Å². The van der Waals surface area contributed by atoms with Gasteiger partial charge >= 0.3 is 0 Å². The zero-order valence-corrected chi connectivity index (χ0v) is 15.7. The molecule has 1 aromatic carbocycles. The number of carbonyl (C=O) groups is 2. The number of aliphatic hydroxyl groups excluding tert-OH is 1. The van der Waals surface area contributed by atoms with E-state index in [0.29, 0.717) is 12.5 Å². The molecule has 0 spiro atoms. The number of carbonyl (C=O) groups excluding carboxylic acids is 2. The number of unbranched alkanes of at least 4 members (excludes halogenated alkanes) is 2. The quantitative estimate of drug-likeness (QED) is 0.698. The molecule has 4 heteroatoms. The summed E-state index contributed by atoms with van der Waals surface area (Å²) in [5.74, 6) is -0.547. The minimum Gasteiger partial charge on any atom is -0.503 e. The average molecular weight is 343 g/mol. The lowest BCUT2D eigenvalue weighted by Gasteiger charge is -2.27. The molecule has 136 valence electrons. The van der Waals surface area contributed by atoms with Crippen molar-refractivity contribution >= 4 is 11.7 Å². The van der Waals surface area contributed by atoms with Gasteiger partial charge < -0.3 is 10.0 Å². The van der Waals surface area contributed by atoms with Gasteiger partial charge in [-0.2, -0.15) is 0 Å². The molecular weight excluding hydrogens is 314 g/mol. The second-order valence-corrected chi connectivity index (χ2v) is 6.97. The topological polar surface area (TPSA) is 57.6 Å². The number of Topliss-reactive ketones (excluding diaryl/α,β-unsaturated/α-hetero) is 1. The number of ketones is 1. The molecule has 0 bridgehead atoms. The van der Waals surface area contributed by atoms with E-state index in [1.807, 2.05) is 24.3 Å². The molecule has 1 aliphatic rings. The Morgan fingerprint density at radius 1 is 1.16 bits per heavy atom. The maximum absolute atomic E-state index is 12.6. The fourth-order valence-electron chi connectivity index (χ4n) is 3.30. The molecule has 0 aromatic heterocycles. The highest BCUT2D eigenvalue weighted by atomic mass is 16.3. The van der Waals surface area contributed by atoms with Crippen molar-refractivity contribution in [1.82, 2.24) is 4.90 Å². The Morgan fingerprint density at radius 3 is 2.32 bits per heavy atom. The van der Waals surface area contributed by atoms with Gasteiger partial charge in [0, 0.05) is 13.0 Å². The summed E-state index contributed by atoms with van der Waals surface area (Å²) in [6.45, 7) is 8.67. The minimum atomic E-state index is -0.474. The van der Waals surface area contributed by atoms with E-state index in [2.05, 4.69) is 20.8 Å². The van der Waals surface area contributed by atoms with Crippen LogP contribution >= 0.6 is 0 Å². The number of aliphatic hydroxyl groups is 1. The summed E-state index contributed by atoms with van der Waals surface area (Å²) in [5, 5.41) is 10.3. The summed E-state index contributed by atoms with van der Waals surface area (Å²) in [7, 11) is 0. The average Bonchev–Trinajstić information content (AvgIpc) is 2.86. The molecule has 25 heavy (non-hydrogen) atoms. The van der Waals surface area contributed by atoms with E-state index in [1.165, 1.54) is 5.56 Å². The van der Waals surface area contributed by atoms with Gasteiger partial charge in [-0.15, -0.1) is 0 Å². The number of hydrogen-bond donors (Lipinski definition) is 1. The molecule has 4 nitrogen and oxygen atoms in total. The van der Waals surface area contributed by atoms with Crippen LogP contribution in [-0.4, -0.2) is 28.2 Å². The van der Waals surface area contributed by atoms with Crippen LogP contribution in [0.25, 0.3) is 0 Å². The van der Waals surface area contributed by atoms with Gasteiger partial charge in [-0.05, 0) is 23.5 Å². The summed E-state index contributed by atoms with van der Waals surface area (Å²) < 4.78 is 0. The predicted octanol–water partition coefficient (Wildman–Crippen LogP) is 4.67. The van der Waals surface area contributed by atoms with Crippen LogP contribution < -0.4 is 0 Å². The van der Waals surface area contributed by atoms with Crippen LogP contribution in [0.5, 0.6) is 0 Å². The summed E-state index contributed by atoms with van der Waals surface area (Å²) in [4.78, 5) is 26.6. The summed E-state index contributed by atoms with van der Waals surface area (Å²) in [6.07, 6.45) is 3.20. The molecule has 0 fully saturated rings.